The lowest BCUT2D eigenvalue weighted by Gasteiger charge is -2.03. The summed E-state index contributed by atoms with van der Waals surface area (Å²) in [6, 6.07) is 11.8. The number of rotatable bonds is 5. The Morgan fingerprint density at radius 2 is 2.04 bits per heavy atom. The van der Waals surface area contributed by atoms with Crippen LogP contribution in [-0.4, -0.2) is 28.8 Å². The Kier molecular flexibility index (Phi) is 6.05. The molecule has 0 aromatic heterocycles. The fourth-order valence-electron chi connectivity index (χ4n) is 2.16. The first-order chi connectivity index (χ1) is 12.9. The van der Waals surface area contributed by atoms with Crippen molar-refractivity contribution in [3.63, 3.8) is 0 Å². The average molecular weight is 423 g/mol. The van der Waals surface area contributed by atoms with Gasteiger partial charge in [-0.15, -0.1) is 0 Å². The van der Waals surface area contributed by atoms with Crippen molar-refractivity contribution in [3.8, 4) is 5.75 Å². The van der Waals surface area contributed by atoms with Crippen LogP contribution in [0.5, 0.6) is 5.75 Å². The summed E-state index contributed by atoms with van der Waals surface area (Å²) in [5, 5.41) is 12.4. The molecule has 9 heteroatoms. The number of aliphatic carboxylic acids is 1. The van der Waals surface area contributed by atoms with E-state index in [4.69, 9.17) is 33.0 Å². The molecule has 1 aliphatic heterocycles. The number of amidine groups is 1. The molecule has 0 atom stereocenters. The second kappa shape index (κ2) is 8.47. The zero-order valence-corrected chi connectivity index (χ0v) is 15.9. The number of carboxylic acid groups (broad SMARTS) is 1. The number of amides is 1. The van der Waals surface area contributed by atoms with Gasteiger partial charge in [0.2, 0.25) is 0 Å². The Balaban J connectivity index is 1.79. The van der Waals surface area contributed by atoms with Gasteiger partial charge in [-0.05, 0) is 47.7 Å². The van der Waals surface area contributed by atoms with Crippen LogP contribution in [0.1, 0.15) is 5.56 Å². The van der Waals surface area contributed by atoms with E-state index in [2.05, 4.69) is 10.3 Å². The zero-order chi connectivity index (χ0) is 19.4. The van der Waals surface area contributed by atoms with Gasteiger partial charge >= 0.3 is 5.97 Å². The van der Waals surface area contributed by atoms with E-state index in [1.807, 2.05) is 0 Å². The summed E-state index contributed by atoms with van der Waals surface area (Å²) in [6.07, 6.45) is 1.66. The van der Waals surface area contributed by atoms with Crippen molar-refractivity contribution >= 4 is 63.8 Å². The molecule has 0 aliphatic carbocycles. The van der Waals surface area contributed by atoms with Gasteiger partial charge in [-0.3, -0.25) is 4.79 Å². The van der Waals surface area contributed by atoms with Crippen LogP contribution in [0.3, 0.4) is 0 Å². The third-order valence-corrected chi connectivity index (χ3v) is 5.04. The molecule has 0 bridgehead atoms. The molecule has 0 saturated carbocycles. The van der Waals surface area contributed by atoms with Crippen LogP contribution in [0, 0.1) is 0 Å². The predicted molar refractivity (Wildman–Crippen MR) is 107 cm³/mol. The third kappa shape index (κ3) is 5.03. The van der Waals surface area contributed by atoms with Gasteiger partial charge in [0.25, 0.3) is 5.91 Å². The molecule has 3 rings (SSSR count). The highest BCUT2D eigenvalue weighted by Crippen LogP contribution is 2.34. The number of nitrogens with zero attached hydrogens (tertiary/aromatic N) is 1. The molecular weight excluding hydrogens is 411 g/mol. The zero-order valence-electron chi connectivity index (χ0n) is 13.6. The van der Waals surface area contributed by atoms with Crippen LogP contribution < -0.4 is 10.1 Å². The van der Waals surface area contributed by atoms with Gasteiger partial charge in [0, 0.05) is 0 Å². The predicted octanol–water partition coefficient (Wildman–Crippen LogP) is 4.35. The van der Waals surface area contributed by atoms with Crippen molar-refractivity contribution in [2.75, 3.05) is 6.61 Å². The Morgan fingerprint density at radius 1 is 1.26 bits per heavy atom. The fourth-order valence-corrected chi connectivity index (χ4v) is 3.33. The highest BCUT2D eigenvalue weighted by molar-refractivity contribution is 8.18. The molecule has 0 unspecified atom stereocenters. The number of carbonyl (C=O) groups is 2. The number of aliphatic imine (C=N–C) groups is 1. The molecule has 1 saturated heterocycles. The van der Waals surface area contributed by atoms with Crippen molar-refractivity contribution in [3.05, 3.63) is 63.0 Å². The molecule has 6 nitrogen and oxygen atoms in total. The first kappa shape index (κ1) is 19.3. The summed E-state index contributed by atoms with van der Waals surface area (Å²) >= 11 is 13.2. The second-order valence-corrected chi connectivity index (χ2v) is 7.13. The molecule has 27 heavy (non-hydrogen) atoms. The van der Waals surface area contributed by atoms with E-state index in [1.54, 1.807) is 48.5 Å². The number of benzene rings is 2. The normalized spacial score (nSPS) is 16.6. The molecule has 0 spiro atoms. The molecule has 0 radical (unpaired) electrons. The summed E-state index contributed by atoms with van der Waals surface area (Å²) in [7, 11) is 0. The maximum absolute atomic E-state index is 12.2. The van der Waals surface area contributed by atoms with Crippen LogP contribution in [-0.2, 0) is 9.59 Å². The highest BCUT2D eigenvalue weighted by atomic mass is 35.5. The number of ether oxygens (including phenoxy) is 1. The van der Waals surface area contributed by atoms with E-state index in [0.29, 0.717) is 37.1 Å². The standard InChI is InChI=1S/C18H12Cl2N2O4S/c19-12-5-2-6-13(16(12)20)21-18-22-17(25)14(27-18)8-10-3-1-4-11(7-10)26-9-15(23)24/h1-8H,9H2,(H,23,24)(H,21,22,25)/b14-8+. The van der Waals surface area contributed by atoms with E-state index in [9.17, 15) is 9.59 Å². The van der Waals surface area contributed by atoms with E-state index in [-0.39, 0.29) is 5.91 Å². The van der Waals surface area contributed by atoms with Crippen LogP contribution in [0.2, 0.25) is 10.0 Å². The molecule has 2 aromatic rings. The average Bonchev–Trinajstić information content (AvgIpc) is 2.97. The summed E-state index contributed by atoms with van der Waals surface area (Å²) in [4.78, 5) is 27.5. The second-order valence-electron chi connectivity index (χ2n) is 5.31. The van der Waals surface area contributed by atoms with Crippen molar-refractivity contribution in [1.82, 2.24) is 5.32 Å². The number of thioether (sulfide) groups is 1. The Labute approximate surface area is 168 Å². The summed E-state index contributed by atoms with van der Waals surface area (Å²) in [6.45, 7) is -0.438. The SMILES string of the molecule is O=C(O)COc1cccc(/C=C2/SC(=Nc3cccc(Cl)c3Cl)NC2=O)c1. The number of carbonyl (C=O) groups excluding carboxylic acids is 1. The molecular formula is C18H12Cl2N2O4S. The van der Waals surface area contributed by atoms with Gasteiger partial charge in [0.05, 0.1) is 20.6 Å². The van der Waals surface area contributed by atoms with Gasteiger partial charge < -0.3 is 15.2 Å². The van der Waals surface area contributed by atoms with Gasteiger partial charge in [-0.2, -0.15) is 0 Å². The lowest BCUT2D eigenvalue weighted by molar-refractivity contribution is -0.139. The first-order valence-corrected chi connectivity index (χ1v) is 9.18. The summed E-state index contributed by atoms with van der Waals surface area (Å²) < 4.78 is 5.14. The van der Waals surface area contributed by atoms with Gasteiger partial charge in [0.15, 0.2) is 11.8 Å². The maximum Gasteiger partial charge on any atom is 0.341 e. The minimum Gasteiger partial charge on any atom is -0.482 e. The molecule has 1 heterocycles. The van der Waals surface area contributed by atoms with Crippen LogP contribution >= 0.6 is 35.0 Å². The first-order valence-electron chi connectivity index (χ1n) is 7.60. The number of halogens is 2. The molecule has 1 aliphatic rings. The van der Waals surface area contributed by atoms with E-state index < -0.39 is 12.6 Å². The minimum absolute atomic E-state index is 0.297. The van der Waals surface area contributed by atoms with Crippen molar-refractivity contribution in [2.24, 2.45) is 4.99 Å². The van der Waals surface area contributed by atoms with Gasteiger partial charge in [-0.1, -0.05) is 41.4 Å². The smallest absolute Gasteiger partial charge is 0.341 e. The van der Waals surface area contributed by atoms with E-state index >= 15 is 0 Å². The third-order valence-electron chi connectivity index (χ3n) is 3.32. The largest absolute Gasteiger partial charge is 0.482 e. The van der Waals surface area contributed by atoms with Crippen LogP contribution in [0.25, 0.3) is 6.08 Å². The maximum atomic E-state index is 12.2. The van der Waals surface area contributed by atoms with Crippen molar-refractivity contribution in [2.45, 2.75) is 0 Å². The molecule has 2 aromatic carbocycles. The van der Waals surface area contributed by atoms with Crippen molar-refractivity contribution < 1.29 is 19.4 Å². The van der Waals surface area contributed by atoms with E-state index in [1.165, 1.54) is 0 Å². The topological polar surface area (TPSA) is 88.0 Å². The Morgan fingerprint density at radius 3 is 2.81 bits per heavy atom. The Hall–Kier alpha value is -2.48. The number of carboxylic acids is 1. The van der Waals surface area contributed by atoms with Crippen LogP contribution in [0.4, 0.5) is 5.69 Å². The van der Waals surface area contributed by atoms with Crippen LogP contribution in [0.15, 0.2) is 52.4 Å². The molecule has 1 fully saturated rings. The van der Waals surface area contributed by atoms with Crippen molar-refractivity contribution in [1.29, 1.82) is 0 Å². The molecule has 2 N–H and O–H groups in total. The lowest BCUT2D eigenvalue weighted by Crippen LogP contribution is -2.19. The Bertz CT molecular complexity index is 976. The number of hydrogen-bond donors (Lipinski definition) is 2. The highest BCUT2D eigenvalue weighted by Gasteiger charge is 2.24. The van der Waals surface area contributed by atoms with E-state index in [0.717, 1.165) is 11.8 Å². The monoisotopic (exact) mass is 422 g/mol. The summed E-state index contributed by atoms with van der Waals surface area (Å²) in [5.41, 5.74) is 1.15. The lowest BCUT2D eigenvalue weighted by atomic mass is 10.2. The molecule has 1 amide bonds. The molecule has 138 valence electrons. The number of nitrogens with one attached hydrogen (secondary N) is 1. The van der Waals surface area contributed by atoms with Gasteiger partial charge in [0.1, 0.15) is 5.75 Å². The minimum atomic E-state index is -1.06. The summed E-state index contributed by atoms with van der Waals surface area (Å²) in [5.74, 6) is -0.964. The quantitative estimate of drug-likeness (QED) is 0.699. The fraction of sp³-hybridized carbons (Fsp3) is 0.0556. The number of hydrogen-bond acceptors (Lipinski definition) is 5. The van der Waals surface area contributed by atoms with Gasteiger partial charge in [-0.25, -0.2) is 9.79 Å².